The van der Waals surface area contributed by atoms with E-state index in [-0.39, 0.29) is 36.0 Å². The Hall–Kier alpha value is -2.42. The number of aromatic nitrogens is 2. The van der Waals surface area contributed by atoms with Crippen molar-refractivity contribution in [3.8, 4) is 0 Å². The van der Waals surface area contributed by atoms with Gasteiger partial charge in [-0.1, -0.05) is 19.8 Å². The lowest BCUT2D eigenvalue weighted by molar-refractivity contribution is -0.133. The van der Waals surface area contributed by atoms with Gasteiger partial charge in [-0.3, -0.25) is 19.1 Å². The minimum Gasteiger partial charge on any atom is -0.385 e. The van der Waals surface area contributed by atoms with Crippen molar-refractivity contribution in [2.75, 3.05) is 26.8 Å². The molecule has 0 radical (unpaired) electrons. The molecule has 2 aliphatic rings. The Balaban J connectivity index is 1.80. The predicted molar refractivity (Wildman–Crippen MR) is 111 cm³/mol. The number of carbonyl (C=O) groups is 3. The Morgan fingerprint density at radius 1 is 1.33 bits per heavy atom. The second kappa shape index (κ2) is 9.59. The molecule has 3 rings (SSSR count). The maximum Gasteiger partial charge on any atom is 0.273 e. The van der Waals surface area contributed by atoms with Crippen LogP contribution in [0.15, 0.2) is 6.07 Å². The normalized spacial score (nSPS) is 21.6. The van der Waals surface area contributed by atoms with Gasteiger partial charge in [0, 0.05) is 38.9 Å². The van der Waals surface area contributed by atoms with E-state index in [0.717, 1.165) is 32.1 Å². The standard InChI is InChI=1S/C21H33N5O4/c1-4-11-25-19(28)17-13-16(18(27)22-10-7-12-30-3)24-26(17)14-21(25,2)20(29)23-15-8-5-6-9-15/h13,15H,4-12,14H2,1-3H3,(H,22,27)(H,23,29). The summed E-state index contributed by atoms with van der Waals surface area (Å²) < 4.78 is 6.48. The molecule has 0 saturated heterocycles. The van der Waals surface area contributed by atoms with Gasteiger partial charge in [-0.15, -0.1) is 0 Å². The van der Waals surface area contributed by atoms with Crippen molar-refractivity contribution in [3.05, 3.63) is 17.5 Å². The second-order valence-corrected chi connectivity index (χ2v) is 8.36. The van der Waals surface area contributed by atoms with Crippen molar-refractivity contribution in [1.29, 1.82) is 0 Å². The van der Waals surface area contributed by atoms with Crippen molar-refractivity contribution in [2.45, 2.75) is 70.5 Å². The summed E-state index contributed by atoms with van der Waals surface area (Å²) in [6.45, 7) is 5.49. The number of nitrogens with zero attached hydrogens (tertiary/aromatic N) is 3. The summed E-state index contributed by atoms with van der Waals surface area (Å²) in [6, 6.07) is 1.69. The van der Waals surface area contributed by atoms with Crippen LogP contribution in [0.1, 0.15) is 73.3 Å². The Labute approximate surface area is 177 Å². The molecule has 2 heterocycles. The first-order valence-corrected chi connectivity index (χ1v) is 10.9. The Bertz CT molecular complexity index is 786. The van der Waals surface area contributed by atoms with E-state index in [4.69, 9.17) is 4.74 Å². The summed E-state index contributed by atoms with van der Waals surface area (Å²) >= 11 is 0. The van der Waals surface area contributed by atoms with Gasteiger partial charge < -0.3 is 20.3 Å². The molecule has 1 aliphatic carbocycles. The van der Waals surface area contributed by atoms with Crippen LogP contribution >= 0.6 is 0 Å². The average molecular weight is 420 g/mol. The topological polar surface area (TPSA) is 106 Å². The van der Waals surface area contributed by atoms with Gasteiger partial charge >= 0.3 is 0 Å². The van der Waals surface area contributed by atoms with Crippen LogP contribution in [0.4, 0.5) is 0 Å². The Morgan fingerprint density at radius 3 is 2.73 bits per heavy atom. The first-order chi connectivity index (χ1) is 14.4. The zero-order chi connectivity index (χ0) is 21.7. The lowest BCUT2D eigenvalue weighted by atomic mass is 9.94. The van der Waals surface area contributed by atoms with Crippen molar-refractivity contribution in [2.24, 2.45) is 0 Å². The van der Waals surface area contributed by atoms with Gasteiger partial charge in [0.25, 0.3) is 11.8 Å². The Morgan fingerprint density at radius 2 is 2.07 bits per heavy atom. The monoisotopic (exact) mass is 419 g/mol. The molecule has 2 N–H and O–H groups in total. The molecule has 1 aliphatic heterocycles. The molecule has 9 heteroatoms. The highest BCUT2D eigenvalue weighted by Gasteiger charge is 2.48. The molecule has 1 aromatic heterocycles. The van der Waals surface area contributed by atoms with Gasteiger partial charge in [0.05, 0.1) is 6.54 Å². The molecule has 3 amide bonds. The first kappa shape index (κ1) is 22.3. The number of hydrogen-bond donors (Lipinski definition) is 2. The third-order valence-electron chi connectivity index (χ3n) is 5.97. The fourth-order valence-electron chi connectivity index (χ4n) is 4.25. The molecular formula is C21H33N5O4. The van der Waals surface area contributed by atoms with Crippen molar-refractivity contribution in [3.63, 3.8) is 0 Å². The van der Waals surface area contributed by atoms with Crippen LogP contribution in [0.3, 0.4) is 0 Å². The molecule has 1 saturated carbocycles. The highest BCUT2D eigenvalue weighted by atomic mass is 16.5. The van der Waals surface area contributed by atoms with Crippen LogP contribution in [0.25, 0.3) is 0 Å². The number of fused-ring (bicyclic) bond motifs is 1. The van der Waals surface area contributed by atoms with Gasteiger partial charge in [-0.2, -0.15) is 5.10 Å². The molecule has 0 aromatic carbocycles. The first-order valence-electron chi connectivity index (χ1n) is 10.9. The summed E-state index contributed by atoms with van der Waals surface area (Å²) in [6.07, 6.45) is 5.61. The van der Waals surface area contributed by atoms with E-state index in [1.54, 1.807) is 18.9 Å². The van der Waals surface area contributed by atoms with Crippen LogP contribution < -0.4 is 10.6 Å². The van der Waals surface area contributed by atoms with E-state index >= 15 is 0 Å². The number of nitrogens with one attached hydrogen (secondary N) is 2. The van der Waals surface area contributed by atoms with E-state index in [1.165, 1.54) is 10.7 Å². The smallest absolute Gasteiger partial charge is 0.273 e. The van der Waals surface area contributed by atoms with Crippen LogP contribution in [0.5, 0.6) is 0 Å². The van der Waals surface area contributed by atoms with E-state index in [1.807, 2.05) is 6.92 Å². The maximum absolute atomic E-state index is 13.2. The minimum atomic E-state index is -1.04. The average Bonchev–Trinajstić information content (AvgIpc) is 3.38. The molecule has 1 atom stereocenters. The van der Waals surface area contributed by atoms with E-state index in [0.29, 0.717) is 31.8 Å². The summed E-state index contributed by atoms with van der Waals surface area (Å²) in [7, 11) is 1.61. The predicted octanol–water partition coefficient (Wildman–Crippen LogP) is 1.33. The number of hydrogen-bond acceptors (Lipinski definition) is 5. The van der Waals surface area contributed by atoms with Gasteiger partial charge in [0.2, 0.25) is 5.91 Å². The van der Waals surface area contributed by atoms with Crippen molar-refractivity contribution >= 4 is 17.7 Å². The van der Waals surface area contributed by atoms with Gasteiger partial charge in [0.1, 0.15) is 11.2 Å². The van der Waals surface area contributed by atoms with Crippen LogP contribution in [-0.4, -0.2) is 70.8 Å². The zero-order valence-corrected chi connectivity index (χ0v) is 18.2. The quantitative estimate of drug-likeness (QED) is 0.588. The summed E-state index contributed by atoms with van der Waals surface area (Å²) in [5, 5.41) is 10.3. The van der Waals surface area contributed by atoms with Gasteiger partial charge in [-0.05, 0) is 32.6 Å². The molecule has 0 bridgehead atoms. The summed E-state index contributed by atoms with van der Waals surface area (Å²) in [4.78, 5) is 40.5. The van der Waals surface area contributed by atoms with Crippen LogP contribution in [-0.2, 0) is 16.1 Å². The van der Waals surface area contributed by atoms with Crippen LogP contribution in [0, 0.1) is 0 Å². The summed E-state index contributed by atoms with van der Waals surface area (Å²) in [5.74, 6) is -0.749. The van der Waals surface area contributed by atoms with Gasteiger partial charge in [0.15, 0.2) is 5.69 Å². The van der Waals surface area contributed by atoms with E-state index < -0.39 is 5.54 Å². The number of carbonyl (C=O) groups excluding carboxylic acids is 3. The molecule has 1 fully saturated rings. The Kier molecular flexibility index (Phi) is 7.12. The number of amides is 3. The maximum atomic E-state index is 13.2. The highest BCUT2D eigenvalue weighted by Crippen LogP contribution is 2.29. The molecule has 30 heavy (non-hydrogen) atoms. The lowest BCUT2D eigenvalue weighted by Gasteiger charge is -2.43. The molecule has 0 spiro atoms. The van der Waals surface area contributed by atoms with E-state index in [2.05, 4.69) is 15.7 Å². The van der Waals surface area contributed by atoms with Crippen molar-refractivity contribution < 1.29 is 19.1 Å². The highest BCUT2D eigenvalue weighted by molar-refractivity contribution is 6.01. The SMILES string of the molecule is CCCN1C(=O)c2cc(C(=O)NCCCOC)nn2CC1(C)C(=O)NC1CCCC1. The van der Waals surface area contributed by atoms with Crippen molar-refractivity contribution in [1.82, 2.24) is 25.3 Å². The van der Waals surface area contributed by atoms with Crippen LogP contribution in [0.2, 0.25) is 0 Å². The second-order valence-electron chi connectivity index (χ2n) is 8.36. The molecule has 1 unspecified atom stereocenters. The molecule has 1 aromatic rings. The van der Waals surface area contributed by atoms with Gasteiger partial charge in [-0.25, -0.2) is 0 Å². The van der Waals surface area contributed by atoms with E-state index in [9.17, 15) is 14.4 Å². The molecule has 9 nitrogen and oxygen atoms in total. The zero-order valence-electron chi connectivity index (χ0n) is 18.2. The summed E-state index contributed by atoms with van der Waals surface area (Å²) in [5.41, 5.74) is -0.509. The lowest BCUT2D eigenvalue weighted by Crippen LogP contribution is -2.65. The number of rotatable bonds is 9. The number of ether oxygens (including phenoxy) is 1. The largest absolute Gasteiger partial charge is 0.385 e. The molecular weight excluding hydrogens is 386 g/mol. The minimum absolute atomic E-state index is 0.150. The third-order valence-corrected chi connectivity index (χ3v) is 5.97. The third kappa shape index (κ3) is 4.50. The fourth-order valence-corrected chi connectivity index (χ4v) is 4.25. The number of methoxy groups -OCH3 is 1. The fraction of sp³-hybridized carbons (Fsp3) is 0.714. The molecule has 166 valence electrons.